The maximum absolute atomic E-state index is 5.46. The van der Waals surface area contributed by atoms with Crippen molar-refractivity contribution in [3.63, 3.8) is 0 Å². The molecule has 1 aliphatic rings. The Morgan fingerprint density at radius 2 is 2.29 bits per heavy atom. The molecule has 1 heterocycles. The predicted molar refractivity (Wildman–Crippen MR) is 54.1 cm³/mol. The van der Waals surface area contributed by atoms with Gasteiger partial charge in [0.1, 0.15) is 5.75 Å². The van der Waals surface area contributed by atoms with E-state index in [9.17, 15) is 0 Å². The Morgan fingerprint density at radius 3 is 3.14 bits per heavy atom. The zero-order chi connectivity index (χ0) is 9.80. The van der Waals surface area contributed by atoms with Gasteiger partial charge in [-0.05, 0) is 37.1 Å². The predicted octanol–water partition coefficient (Wildman–Crippen LogP) is 1.44. The summed E-state index contributed by atoms with van der Waals surface area (Å²) in [7, 11) is 0. The lowest BCUT2D eigenvalue weighted by Gasteiger charge is -2.18. The minimum absolute atomic E-state index is 0.370. The molecule has 3 heteroatoms. The van der Waals surface area contributed by atoms with E-state index in [2.05, 4.69) is 12.1 Å². The summed E-state index contributed by atoms with van der Waals surface area (Å²) in [4.78, 5) is 0. The molecule has 1 aromatic rings. The van der Waals surface area contributed by atoms with Gasteiger partial charge in [-0.3, -0.25) is 0 Å². The second-order valence-electron chi connectivity index (χ2n) is 3.44. The van der Waals surface area contributed by atoms with E-state index in [1.165, 1.54) is 5.56 Å². The molecule has 0 saturated carbocycles. The molecule has 0 spiro atoms. The van der Waals surface area contributed by atoms with Crippen molar-refractivity contribution in [3.05, 3.63) is 29.3 Å². The van der Waals surface area contributed by atoms with Crippen molar-refractivity contribution in [2.45, 2.75) is 19.4 Å². The highest BCUT2D eigenvalue weighted by Crippen LogP contribution is 2.24. The highest BCUT2D eigenvalue weighted by molar-refractivity contribution is 5.37. The second kappa shape index (κ2) is 4.44. The molecule has 2 rings (SSSR count). The summed E-state index contributed by atoms with van der Waals surface area (Å²) in [5, 5.41) is 0. The molecule has 0 amide bonds. The van der Waals surface area contributed by atoms with Crippen LogP contribution in [0.2, 0.25) is 0 Å². The Morgan fingerprint density at radius 1 is 1.36 bits per heavy atom. The van der Waals surface area contributed by atoms with E-state index in [-0.39, 0.29) is 0 Å². The van der Waals surface area contributed by atoms with E-state index in [1.807, 2.05) is 6.07 Å². The Bertz CT molecular complexity index is 312. The van der Waals surface area contributed by atoms with Crippen molar-refractivity contribution in [3.8, 4) is 5.75 Å². The lowest BCUT2D eigenvalue weighted by atomic mass is 10.1. The first-order valence-corrected chi connectivity index (χ1v) is 4.92. The summed E-state index contributed by atoms with van der Waals surface area (Å²) in [6.07, 6.45) is 2.06. The summed E-state index contributed by atoms with van der Waals surface area (Å²) < 4.78 is 10.5. The third kappa shape index (κ3) is 2.05. The number of ether oxygens (including phenoxy) is 2. The van der Waals surface area contributed by atoms with Crippen LogP contribution in [0.4, 0.5) is 0 Å². The molecule has 0 radical (unpaired) electrons. The molecule has 0 atom stereocenters. The van der Waals surface area contributed by atoms with Crippen LogP contribution in [0.25, 0.3) is 0 Å². The van der Waals surface area contributed by atoms with E-state index in [4.69, 9.17) is 15.2 Å². The van der Waals surface area contributed by atoms with Crippen LogP contribution in [-0.2, 0) is 17.8 Å². The van der Waals surface area contributed by atoms with E-state index in [0.29, 0.717) is 13.4 Å². The lowest BCUT2D eigenvalue weighted by Crippen LogP contribution is -2.11. The molecule has 0 aromatic heterocycles. The van der Waals surface area contributed by atoms with Crippen LogP contribution in [0.15, 0.2) is 18.2 Å². The SMILES string of the molecule is NCCCc1ccc2c(c1)COCO2. The molecule has 0 bridgehead atoms. The minimum atomic E-state index is 0.370. The van der Waals surface area contributed by atoms with Gasteiger partial charge in [0.25, 0.3) is 0 Å². The molecule has 0 fully saturated rings. The summed E-state index contributed by atoms with van der Waals surface area (Å²) in [6, 6.07) is 6.26. The third-order valence-corrected chi connectivity index (χ3v) is 2.35. The van der Waals surface area contributed by atoms with Crippen molar-refractivity contribution in [1.82, 2.24) is 0 Å². The molecule has 0 aliphatic carbocycles. The average Bonchev–Trinajstić information content (AvgIpc) is 2.26. The van der Waals surface area contributed by atoms with Gasteiger partial charge in [0, 0.05) is 5.56 Å². The molecule has 0 unspecified atom stereocenters. The summed E-state index contributed by atoms with van der Waals surface area (Å²) in [6.45, 7) is 1.77. The number of nitrogens with two attached hydrogens (primary N) is 1. The quantitative estimate of drug-likeness (QED) is 0.790. The van der Waals surface area contributed by atoms with Crippen molar-refractivity contribution in [2.24, 2.45) is 5.73 Å². The van der Waals surface area contributed by atoms with Gasteiger partial charge in [0.2, 0.25) is 0 Å². The monoisotopic (exact) mass is 193 g/mol. The fourth-order valence-electron chi connectivity index (χ4n) is 1.60. The minimum Gasteiger partial charge on any atom is -0.467 e. The van der Waals surface area contributed by atoms with Crippen LogP contribution >= 0.6 is 0 Å². The number of benzene rings is 1. The summed E-state index contributed by atoms with van der Waals surface area (Å²) in [5.74, 6) is 0.952. The van der Waals surface area contributed by atoms with Gasteiger partial charge < -0.3 is 15.2 Å². The maximum atomic E-state index is 5.46. The Kier molecular flexibility index (Phi) is 3.01. The van der Waals surface area contributed by atoms with Crippen molar-refractivity contribution < 1.29 is 9.47 Å². The van der Waals surface area contributed by atoms with E-state index < -0.39 is 0 Å². The summed E-state index contributed by atoms with van der Waals surface area (Å²) >= 11 is 0. The zero-order valence-corrected chi connectivity index (χ0v) is 8.16. The fraction of sp³-hybridized carbons (Fsp3) is 0.455. The Hall–Kier alpha value is -1.06. The highest BCUT2D eigenvalue weighted by Gasteiger charge is 2.10. The van der Waals surface area contributed by atoms with Crippen molar-refractivity contribution >= 4 is 0 Å². The van der Waals surface area contributed by atoms with E-state index in [0.717, 1.165) is 30.7 Å². The first-order chi connectivity index (χ1) is 6.90. The molecule has 1 aliphatic heterocycles. The molecule has 0 saturated heterocycles. The van der Waals surface area contributed by atoms with Gasteiger partial charge in [0.05, 0.1) is 6.61 Å². The summed E-state index contributed by atoms with van der Waals surface area (Å²) in [5.41, 5.74) is 7.92. The third-order valence-electron chi connectivity index (χ3n) is 2.35. The standard InChI is InChI=1S/C11H15NO2/c12-5-1-2-9-3-4-11-10(6-9)7-13-8-14-11/h3-4,6H,1-2,5,7-8,12H2. The molecule has 3 nitrogen and oxygen atoms in total. The van der Waals surface area contributed by atoms with Gasteiger partial charge in [-0.1, -0.05) is 6.07 Å². The Balaban J connectivity index is 2.12. The topological polar surface area (TPSA) is 44.5 Å². The number of hydrogen-bond donors (Lipinski definition) is 1. The van der Waals surface area contributed by atoms with E-state index in [1.54, 1.807) is 0 Å². The van der Waals surface area contributed by atoms with Crippen molar-refractivity contribution in [2.75, 3.05) is 13.3 Å². The first kappa shape index (κ1) is 9.49. The van der Waals surface area contributed by atoms with Crippen LogP contribution in [0.3, 0.4) is 0 Å². The van der Waals surface area contributed by atoms with Gasteiger partial charge in [0.15, 0.2) is 6.79 Å². The molecule has 14 heavy (non-hydrogen) atoms. The number of rotatable bonds is 3. The highest BCUT2D eigenvalue weighted by atomic mass is 16.7. The fourth-order valence-corrected chi connectivity index (χ4v) is 1.60. The molecular weight excluding hydrogens is 178 g/mol. The number of fused-ring (bicyclic) bond motifs is 1. The first-order valence-electron chi connectivity index (χ1n) is 4.92. The van der Waals surface area contributed by atoms with Crippen LogP contribution < -0.4 is 10.5 Å². The van der Waals surface area contributed by atoms with Crippen LogP contribution in [0.1, 0.15) is 17.5 Å². The molecule has 2 N–H and O–H groups in total. The van der Waals surface area contributed by atoms with Gasteiger partial charge in [-0.25, -0.2) is 0 Å². The zero-order valence-electron chi connectivity index (χ0n) is 8.16. The smallest absolute Gasteiger partial charge is 0.189 e. The average molecular weight is 193 g/mol. The second-order valence-corrected chi connectivity index (χ2v) is 3.44. The molecule has 1 aromatic carbocycles. The van der Waals surface area contributed by atoms with Gasteiger partial charge in [-0.2, -0.15) is 0 Å². The molecular formula is C11H15NO2. The van der Waals surface area contributed by atoms with Crippen LogP contribution in [0, 0.1) is 0 Å². The van der Waals surface area contributed by atoms with Crippen LogP contribution in [-0.4, -0.2) is 13.3 Å². The largest absolute Gasteiger partial charge is 0.467 e. The van der Waals surface area contributed by atoms with Crippen molar-refractivity contribution in [1.29, 1.82) is 0 Å². The normalized spacial score (nSPS) is 14.6. The lowest BCUT2D eigenvalue weighted by molar-refractivity contribution is -0.0164. The van der Waals surface area contributed by atoms with E-state index >= 15 is 0 Å². The molecule has 76 valence electrons. The number of hydrogen-bond acceptors (Lipinski definition) is 3. The van der Waals surface area contributed by atoms with Gasteiger partial charge in [-0.15, -0.1) is 0 Å². The maximum Gasteiger partial charge on any atom is 0.189 e. The Labute approximate surface area is 83.8 Å². The number of aryl methyl sites for hydroxylation is 1. The van der Waals surface area contributed by atoms with Gasteiger partial charge >= 0.3 is 0 Å². The van der Waals surface area contributed by atoms with Crippen LogP contribution in [0.5, 0.6) is 5.75 Å².